The van der Waals surface area contributed by atoms with Crippen LogP contribution in [-0.4, -0.2) is 37.4 Å². The van der Waals surface area contributed by atoms with E-state index in [1.807, 2.05) is 36.4 Å². The molecule has 1 aromatic carbocycles. The third kappa shape index (κ3) is 9.55. The number of unbranched alkanes of at least 4 members (excludes halogenated alkanes) is 2. The third-order valence-corrected chi connectivity index (χ3v) is 5.77. The average Bonchev–Trinajstić information content (AvgIpc) is 3.60. The highest BCUT2D eigenvalue weighted by Crippen LogP contribution is 2.27. The number of rotatable bonds is 11. The number of nitrogens with zero attached hydrogens (tertiary/aromatic N) is 2. The summed E-state index contributed by atoms with van der Waals surface area (Å²) in [5.41, 5.74) is 2.46. The second-order valence-corrected chi connectivity index (χ2v) is 8.99. The molecule has 0 atom stereocenters. The fraction of sp³-hybridized carbons (Fsp3) is 0.536. The lowest BCUT2D eigenvalue weighted by Gasteiger charge is -2.27. The predicted octanol–water partition coefficient (Wildman–Crippen LogP) is 6.28. The van der Waals surface area contributed by atoms with Gasteiger partial charge in [0.05, 0.1) is 6.54 Å². The van der Waals surface area contributed by atoms with Gasteiger partial charge >= 0.3 is 0 Å². The van der Waals surface area contributed by atoms with E-state index in [0.29, 0.717) is 12.1 Å². The van der Waals surface area contributed by atoms with Gasteiger partial charge in [-0.05, 0) is 55.5 Å². The average molecular weight is 455 g/mol. The molecule has 0 unspecified atom stereocenters. The summed E-state index contributed by atoms with van der Waals surface area (Å²) in [6, 6.07) is 5.40. The van der Waals surface area contributed by atoms with Gasteiger partial charge in [-0.1, -0.05) is 65.2 Å². The summed E-state index contributed by atoms with van der Waals surface area (Å²) in [5.74, 6) is 2.40. The van der Waals surface area contributed by atoms with Crippen molar-refractivity contribution in [1.29, 1.82) is 0 Å². The van der Waals surface area contributed by atoms with Gasteiger partial charge in [-0.2, -0.15) is 0 Å². The summed E-state index contributed by atoms with van der Waals surface area (Å²) in [6.07, 6.45) is 14.1. The van der Waals surface area contributed by atoms with Gasteiger partial charge in [0.25, 0.3) is 0 Å². The predicted molar refractivity (Wildman–Crippen MR) is 141 cm³/mol. The van der Waals surface area contributed by atoms with Gasteiger partial charge in [0.2, 0.25) is 0 Å². The standard InChI is InChI=1S/C24H35FN4.C4H8/c1-5-8-9-10-19-11-12-22(25)21(18-19)20(7-3)24-28-23(13-17-29(24)4)27-16-15-26-14-6-2;1-4-2-3-4/h7,11-13,17-18,26H,3,5-6,8-10,14-16H2,1-2,4H3,(H,27,28);4H,2-3H2,1H3/b24-20+;. The lowest BCUT2D eigenvalue weighted by Crippen LogP contribution is -2.35. The zero-order valence-electron chi connectivity index (χ0n) is 21.1. The largest absolute Gasteiger partial charge is 0.337 e. The molecule has 0 saturated heterocycles. The molecule has 2 aliphatic rings. The molecule has 1 fully saturated rings. The summed E-state index contributed by atoms with van der Waals surface area (Å²) in [5, 5.41) is 6.69. The maximum Gasteiger partial charge on any atom is 0.131 e. The number of aryl methyl sites for hydroxylation is 1. The molecule has 1 aliphatic carbocycles. The Balaban J connectivity index is 0.000000866. The van der Waals surface area contributed by atoms with Crippen LogP contribution < -0.4 is 10.6 Å². The normalized spacial score (nSPS) is 18.0. The highest BCUT2D eigenvalue weighted by Gasteiger charge is 2.18. The van der Waals surface area contributed by atoms with Crippen LogP contribution in [0, 0.1) is 11.7 Å². The quantitative estimate of drug-likeness (QED) is 0.387. The number of hydrogen-bond acceptors (Lipinski definition) is 3. The van der Waals surface area contributed by atoms with Gasteiger partial charge in [-0.15, -0.1) is 0 Å². The molecule has 33 heavy (non-hydrogen) atoms. The van der Waals surface area contributed by atoms with Crippen molar-refractivity contribution in [1.82, 2.24) is 15.5 Å². The minimum Gasteiger partial charge on any atom is -0.337 e. The molecule has 0 aromatic heterocycles. The van der Waals surface area contributed by atoms with E-state index in [0.717, 1.165) is 61.1 Å². The van der Waals surface area contributed by atoms with E-state index < -0.39 is 0 Å². The summed E-state index contributed by atoms with van der Waals surface area (Å²) in [6.45, 7) is 13.1. The van der Waals surface area contributed by atoms with E-state index in [9.17, 15) is 4.39 Å². The Hall–Kier alpha value is -2.40. The minimum absolute atomic E-state index is 0.237. The first kappa shape index (κ1) is 26.8. The van der Waals surface area contributed by atoms with Crippen molar-refractivity contribution in [3.63, 3.8) is 0 Å². The maximum atomic E-state index is 14.7. The van der Waals surface area contributed by atoms with Crippen molar-refractivity contribution < 1.29 is 4.39 Å². The molecule has 182 valence electrons. The van der Waals surface area contributed by atoms with Crippen LogP contribution in [0.2, 0.25) is 0 Å². The number of hydrogen-bond donors (Lipinski definition) is 2. The van der Waals surface area contributed by atoms with Crippen molar-refractivity contribution in [2.75, 3.05) is 26.7 Å². The first-order chi connectivity index (χ1) is 16.0. The zero-order chi connectivity index (χ0) is 24.1. The van der Waals surface area contributed by atoms with E-state index in [1.54, 1.807) is 12.1 Å². The first-order valence-corrected chi connectivity index (χ1v) is 12.6. The van der Waals surface area contributed by atoms with E-state index in [4.69, 9.17) is 0 Å². The maximum absolute atomic E-state index is 14.7. The first-order valence-electron chi connectivity index (χ1n) is 12.6. The van der Waals surface area contributed by atoms with Crippen LogP contribution in [0.3, 0.4) is 0 Å². The lowest BCUT2D eigenvalue weighted by atomic mass is 9.99. The highest BCUT2D eigenvalue weighted by atomic mass is 19.1. The number of nitrogens with one attached hydrogen (secondary N) is 2. The Morgan fingerprint density at radius 2 is 2.00 bits per heavy atom. The SMILES string of the molecule is C=C/C(=C1/NC(=NCCNCCC)C=CN1C)c1cc(CCCCC)ccc1F.CC1CC1. The van der Waals surface area contributed by atoms with Crippen molar-refractivity contribution in [2.45, 2.75) is 65.7 Å². The van der Waals surface area contributed by atoms with Crippen molar-refractivity contribution in [2.24, 2.45) is 10.9 Å². The van der Waals surface area contributed by atoms with Gasteiger partial charge < -0.3 is 15.5 Å². The lowest BCUT2D eigenvalue weighted by molar-refractivity contribution is 0.533. The van der Waals surface area contributed by atoms with Crippen LogP contribution in [-0.2, 0) is 6.42 Å². The second-order valence-electron chi connectivity index (χ2n) is 8.99. The molecule has 0 amide bonds. The van der Waals surface area contributed by atoms with Crippen LogP contribution in [0.4, 0.5) is 4.39 Å². The molecule has 4 nitrogen and oxygen atoms in total. The molecule has 2 N–H and O–H groups in total. The number of amidine groups is 1. The smallest absolute Gasteiger partial charge is 0.131 e. The van der Waals surface area contributed by atoms with Gasteiger partial charge in [0, 0.05) is 30.9 Å². The molecule has 1 heterocycles. The molecular weight excluding hydrogens is 411 g/mol. The van der Waals surface area contributed by atoms with Gasteiger partial charge in [0.15, 0.2) is 0 Å². The number of halogens is 1. The molecule has 5 heteroatoms. The van der Waals surface area contributed by atoms with Crippen molar-refractivity contribution in [3.8, 4) is 0 Å². The van der Waals surface area contributed by atoms with Crippen LogP contribution in [0.1, 0.15) is 70.4 Å². The van der Waals surface area contributed by atoms with Gasteiger partial charge in [-0.25, -0.2) is 4.39 Å². The monoisotopic (exact) mass is 454 g/mol. The molecule has 1 saturated carbocycles. The second kappa shape index (κ2) is 14.7. The Morgan fingerprint density at radius 3 is 2.64 bits per heavy atom. The van der Waals surface area contributed by atoms with Crippen LogP contribution >= 0.6 is 0 Å². The van der Waals surface area contributed by atoms with Crippen LogP contribution in [0.15, 0.2) is 53.9 Å². The van der Waals surface area contributed by atoms with Crippen LogP contribution in [0.25, 0.3) is 5.57 Å². The molecule has 0 bridgehead atoms. The number of allylic oxidation sites excluding steroid dienone is 2. The van der Waals surface area contributed by atoms with Gasteiger partial charge in [-0.3, -0.25) is 4.99 Å². The molecule has 1 aromatic rings. The third-order valence-electron chi connectivity index (χ3n) is 5.77. The molecule has 3 rings (SSSR count). The summed E-state index contributed by atoms with van der Waals surface area (Å²) in [7, 11) is 1.94. The Labute approximate surface area is 200 Å². The molecular formula is C28H43FN4. The van der Waals surface area contributed by atoms with Crippen molar-refractivity contribution >= 4 is 11.4 Å². The van der Waals surface area contributed by atoms with E-state index >= 15 is 0 Å². The van der Waals surface area contributed by atoms with Crippen molar-refractivity contribution in [3.05, 3.63) is 65.9 Å². The summed E-state index contributed by atoms with van der Waals surface area (Å²) < 4.78 is 14.7. The van der Waals surface area contributed by atoms with E-state index in [1.165, 1.54) is 25.7 Å². The van der Waals surface area contributed by atoms with E-state index in [2.05, 4.69) is 43.0 Å². The topological polar surface area (TPSA) is 39.7 Å². The Kier molecular flexibility index (Phi) is 12.0. The zero-order valence-corrected chi connectivity index (χ0v) is 21.1. The fourth-order valence-corrected chi connectivity index (χ4v) is 3.43. The number of aliphatic imine (C=N–C) groups is 1. The number of benzene rings is 1. The fourth-order valence-electron chi connectivity index (χ4n) is 3.43. The minimum atomic E-state index is -0.237. The van der Waals surface area contributed by atoms with Gasteiger partial charge in [0.1, 0.15) is 17.5 Å². The summed E-state index contributed by atoms with van der Waals surface area (Å²) in [4.78, 5) is 6.55. The Morgan fingerprint density at radius 1 is 1.24 bits per heavy atom. The van der Waals surface area contributed by atoms with Crippen LogP contribution in [0.5, 0.6) is 0 Å². The molecule has 0 spiro atoms. The summed E-state index contributed by atoms with van der Waals surface area (Å²) >= 11 is 0. The molecule has 0 radical (unpaired) electrons. The highest BCUT2D eigenvalue weighted by molar-refractivity contribution is 5.96. The molecule has 1 aliphatic heterocycles. The Bertz CT molecular complexity index is 836. The van der Waals surface area contributed by atoms with E-state index in [-0.39, 0.29) is 5.82 Å².